The third kappa shape index (κ3) is 10.3. The van der Waals surface area contributed by atoms with E-state index in [1.54, 1.807) is 25.3 Å². The highest BCUT2D eigenvalue weighted by Gasteiger charge is 2.24. The van der Waals surface area contributed by atoms with Crippen molar-refractivity contribution in [1.29, 1.82) is 0 Å². The molecule has 1 heterocycles. The molecule has 1 aliphatic rings. The van der Waals surface area contributed by atoms with Crippen molar-refractivity contribution in [3.05, 3.63) is 54.2 Å². The monoisotopic (exact) mass is 644 g/mol. The van der Waals surface area contributed by atoms with E-state index in [2.05, 4.69) is 48.8 Å². The molecule has 44 heavy (non-hydrogen) atoms. The SMILES string of the molecule is CCNC(=O)N(C)CCN(C)C1CCN(c2ccc(NC(=N/C=C/Cl)/N=C/Nc3ccccc3P(C)(C)=O)c(OC)c2)CC1. The molecule has 1 aliphatic heterocycles. The molecule has 1 fully saturated rings. The number of halogens is 1. The number of carbonyl (C=O) groups excluding carboxylic acids is 1. The van der Waals surface area contributed by atoms with Gasteiger partial charge in [0.15, 0.2) is 0 Å². The summed E-state index contributed by atoms with van der Waals surface area (Å²) in [5, 5.41) is 9.93. The van der Waals surface area contributed by atoms with E-state index in [9.17, 15) is 9.36 Å². The van der Waals surface area contributed by atoms with Crippen molar-refractivity contribution in [3.8, 4) is 5.75 Å². The standard InChI is InChI=1S/C31H46ClN8O3P/c1-7-33-31(41)39(3)21-20-38(2)24-14-18-40(19-15-24)25-12-13-26(28(22-25)43-4)37-30(34-17-16-32)36-23-35-27-10-8-9-11-29(27)44(5,6)42/h8-13,16-17,22-24H,7,14-15,18-21H2,1-6H3,(H,33,41)(H2,34,35,36,37)/b17-16+. The predicted octanol–water partition coefficient (Wildman–Crippen LogP) is 5.12. The van der Waals surface area contributed by atoms with E-state index in [1.165, 1.54) is 18.1 Å². The minimum atomic E-state index is -2.48. The lowest BCUT2D eigenvalue weighted by molar-refractivity contribution is 0.176. The number of ether oxygens (including phenoxy) is 1. The van der Waals surface area contributed by atoms with Gasteiger partial charge in [0.1, 0.15) is 12.9 Å². The van der Waals surface area contributed by atoms with Crippen molar-refractivity contribution in [1.82, 2.24) is 15.1 Å². The summed E-state index contributed by atoms with van der Waals surface area (Å²) in [6.07, 6.45) is 4.99. The van der Waals surface area contributed by atoms with Crippen LogP contribution in [-0.4, -0.2) is 101 Å². The summed E-state index contributed by atoms with van der Waals surface area (Å²) in [7, 11) is 3.12. The molecule has 0 aromatic heterocycles. The normalized spacial score (nSPS) is 14.8. The Hall–Kier alpha value is -3.53. The molecule has 0 radical (unpaired) electrons. The Morgan fingerprint density at radius 1 is 1.14 bits per heavy atom. The van der Waals surface area contributed by atoms with Crippen LogP contribution in [0.4, 0.5) is 21.9 Å². The van der Waals surface area contributed by atoms with Crippen molar-refractivity contribution in [2.75, 3.05) is 82.8 Å². The molecule has 0 bridgehead atoms. The van der Waals surface area contributed by atoms with Crippen molar-refractivity contribution in [3.63, 3.8) is 0 Å². The molecule has 0 aliphatic carbocycles. The molecule has 240 valence electrons. The fourth-order valence-corrected chi connectivity index (χ4v) is 6.19. The van der Waals surface area contributed by atoms with E-state index in [4.69, 9.17) is 16.3 Å². The van der Waals surface area contributed by atoms with Gasteiger partial charge >= 0.3 is 6.03 Å². The average molecular weight is 645 g/mol. The molecule has 11 nitrogen and oxygen atoms in total. The summed E-state index contributed by atoms with van der Waals surface area (Å²) < 4.78 is 18.4. The quantitative estimate of drug-likeness (QED) is 0.167. The number of para-hydroxylation sites is 1. The lowest BCUT2D eigenvalue weighted by Crippen LogP contribution is -2.47. The number of anilines is 3. The van der Waals surface area contributed by atoms with Gasteiger partial charge in [-0.05, 0) is 64.4 Å². The number of hydrogen-bond donors (Lipinski definition) is 3. The van der Waals surface area contributed by atoms with Gasteiger partial charge in [0.25, 0.3) is 0 Å². The molecule has 3 N–H and O–H groups in total. The van der Waals surface area contributed by atoms with Crippen LogP contribution in [-0.2, 0) is 4.57 Å². The second-order valence-electron chi connectivity index (χ2n) is 11.0. The molecule has 1 saturated heterocycles. The molecular weight excluding hydrogens is 599 g/mol. The van der Waals surface area contributed by atoms with Crippen molar-refractivity contribution >= 4 is 59.4 Å². The molecule has 0 saturated carbocycles. The number of piperidine rings is 1. The Bertz CT molecular complexity index is 1370. The van der Waals surface area contributed by atoms with E-state index in [-0.39, 0.29) is 12.0 Å². The molecule has 0 unspecified atom stereocenters. The zero-order chi connectivity index (χ0) is 32.1. The molecule has 2 aromatic rings. The summed E-state index contributed by atoms with van der Waals surface area (Å²) in [4.78, 5) is 27.2. The number of carbonyl (C=O) groups is 1. The Balaban J connectivity index is 1.63. The van der Waals surface area contributed by atoms with Gasteiger partial charge in [0.05, 0.1) is 19.1 Å². The van der Waals surface area contributed by atoms with Crippen LogP contribution in [0, 0.1) is 0 Å². The summed E-state index contributed by atoms with van der Waals surface area (Å²) in [6.45, 7) is 9.38. The first-order chi connectivity index (χ1) is 21.1. The third-order valence-corrected chi connectivity index (χ3v) is 9.15. The minimum absolute atomic E-state index is 0.0354. The Morgan fingerprint density at radius 3 is 2.52 bits per heavy atom. The van der Waals surface area contributed by atoms with Gasteiger partial charge in [0.2, 0.25) is 5.96 Å². The molecule has 2 aromatic carbocycles. The van der Waals surface area contributed by atoms with E-state index >= 15 is 0 Å². The van der Waals surface area contributed by atoms with Gasteiger partial charge in [-0.15, -0.1) is 0 Å². The summed E-state index contributed by atoms with van der Waals surface area (Å²) >= 11 is 5.73. The Labute approximate surface area is 266 Å². The topological polar surface area (TPSA) is 114 Å². The van der Waals surface area contributed by atoms with Crippen molar-refractivity contribution in [2.45, 2.75) is 25.8 Å². The van der Waals surface area contributed by atoms with E-state index in [0.717, 1.165) is 49.2 Å². The summed E-state index contributed by atoms with van der Waals surface area (Å²) in [5.74, 6) is 0.944. The highest BCUT2D eigenvalue weighted by atomic mass is 35.5. The van der Waals surface area contributed by atoms with Gasteiger partial charge in [-0.3, -0.25) is 0 Å². The van der Waals surface area contributed by atoms with E-state index in [1.807, 2.05) is 50.4 Å². The average Bonchev–Trinajstić information content (AvgIpc) is 3.02. The highest BCUT2D eigenvalue weighted by Crippen LogP contribution is 2.37. The van der Waals surface area contributed by atoms with Crippen LogP contribution in [0.15, 0.2) is 64.2 Å². The lowest BCUT2D eigenvalue weighted by atomic mass is 10.0. The summed E-state index contributed by atoms with van der Waals surface area (Å²) in [5.41, 5.74) is 3.80. The van der Waals surface area contributed by atoms with Crippen LogP contribution in [0.5, 0.6) is 5.75 Å². The van der Waals surface area contributed by atoms with E-state index < -0.39 is 7.14 Å². The van der Waals surface area contributed by atoms with Crippen LogP contribution < -0.4 is 30.9 Å². The molecule has 3 rings (SSSR count). The fraction of sp³-hybridized carbons (Fsp3) is 0.452. The Kier molecular flexibility index (Phi) is 13.6. The maximum atomic E-state index is 12.7. The summed E-state index contributed by atoms with van der Waals surface area (Å²) in [6, 6.07) is 13.9. The zero-order valence-electron chi connectivity index (χ0n) is 26.6. The number of rotatable bonds is 12. The highest BCUT2D eigenvalue weighted by molar-refractivity contribution is 7.70. The first-order valence-electron chi connectivity index (χ1n) is 14.7. The Morgan fingerprint density at radius 2 is 1.86 bits per heavy atom. The largest absolute Gasteiger partial charge is 0.494 e. The number of urea groups is 1. The lowest BCUT2D eigenvalue weighted by Gasteiger charge is -2.38. The van der Waals surface area contributed by atoms with Crippen LogP contribution >= 0.6 is 18.7 Å². The first kappa shape index (κ1) is 35.0. The number of nitrogens with one attached hydrogen (secondary N) is 3. The van der Waals surface area contributed by atoms with Gasteiger partial charge in [-0.2, -0.15) is 0 Å². The molecular formula is C31H46ClN8O3P. The molecule has 0 spiro atoms. The maximum Gasteiger partial charge on any atom is 0.317 e. The second-order valence-corrected chi connectivity index (χ2v) is 14.4. The van der Waals surface area contributed by atoms with Gasteiger partial charge < -0.3 is 40.0 Å². The minimum Gasteiger partial charge on any atom is -0.494 e. The fourth-order valence-electron chi connectivity index (χ4n) is 4.97. The number of methoxy groups -OCH3 is 1. The van der Waals surface area contributed by atoms with Crippen LogP contribution in [0.3, 0.4) is 0 Å². The molecule has 2 amide bonds. The van der Waals surface area contributed by atoms with Gasteiger partial charge in [-0.1, -0.05) is 23.7 Å². The molecule has 0 atom stereocenters. The van der Waals surface area contributed by atoms with Crippen molar-refractivity contribution < 1.29 is 14.1 Å². The van der Waals surface area contributed by atoms with Crippen LogP contribution in [0.1, 0.15) is 19.8 Å². The van der Waals surface area contributed by atoms with Crippen LogP contribution in [0.25, 0.3) is 0 Å². The number of benzene rings is 2. The number of likely N-dealkylation sites (N-methyl/N-ethyl adjacent to an activating group) is 2. The first-order valence-corrected chi connectivity index (χ1v) is 17.8. The number of guanidine groups is 1. The number of amides is 2. The predicted molar refractivity (Wildman–Crippen MR) is 186 cm³/mol. The number of nitrogens with zero attached hydrogens (tertiary/aromatic N) is 5. The van der Waals surface area contributed by atoms with Crippen molar-refractivity contribution in [2.24, 2.45) is 9.98 Å². The zero-order valence-corrected chi connectivity index (χ0v) is 28.2. The number of hydrogen-bond acceptors (Lipinski definition) is 6. The van der Waals surface area contributed by atoms with E-state index in [0.29, 0.717) is 30.6 Å². The van der Waals surface area contributed by atoms with Gasteiger partial charge in [0, 0.05) is 80.3 Å². The number of aliphatic imine (C=N–C) groups is 2. The third-order valence-electron chi connectivity index (χ3n) is 7.49. The second kappa shape index (κ2) is 17.1. The molecule has 13 heteroatoms. The smallest absolute Gasteiger partial charge is 0.317 e. The van der Waals surface area contributed by atoms with Crippen LogP contribution in [0.2, 0.25) is 0 Å². The maximum absolute atomic E-state index is 12.7. The van der Waals surface area contributed by atoms with Gasteiger partial charge in [-0.25, -0.2) is 14.8 Å².